The molecule has 1 amide bonds. The minimum absolute atomic E-state index is 0.0113. The van der Waals surface area contributed by atoms with Gasteiger partial charge < -0.3 is 9.64 Å². The normalized spacial score (nSPS) is 15.0. The van der Waals surface area contributed by atoms with E-state index in [0.29, 0.717) is 38.3 Å². The first-order chi connectivity index (χ1) is 12.0. The molecule has 6 heteroatoms. The molecule has 1 saturated heterocycles. The number of hydrogen-bond donors (Lipinski definition) is 0. The van der Waals surface area contributed by atoms with E-state index in [1.807, 2.05) is 25.7 Å². The number of nitrogens with zero attached hydrogens (tertiary/aromatic N) is 3. The Balaban J connectivity index is 2.09. The maximum Gasteiger partial charge on any atom is 0.257 e. The van der Waals surface area contributed by atoms with E-state index in [1.165, 1.54) is 12.1 Å². The fraction of sp³-hybridized carbons (Fsp3) is 0.474. The molecule has 134 valence electrons. The van der Waals surface area contributed by atoms with Gasteiger partial charge in [-0.2, -0.15) is 5.10 Å². The van der Waals surface area contributed by atoms with E-state index in [9.17, 15) is 9.18 Å². The Kier molecular flexibility index (Phi) is 5.18. The Morgan fingerprint density at radius 3 is 2.44 bits per heavy atom. The van der Waals surface area contributed by atoms with Gasteiger partial charge in [0.25, 0.3) is 5.91 Å². The number of halogens is 1. The molecule has 0 spiro atoms. The third-order valence-electron chi connectivity index (χ3n) is 4.47. The van der Waals surface area contributed by atoms with Gasteiger partial charge in [0.1, 0.15) is 5.82 Å². The molecule has 2 aromatic rings. The lowest BCUT2D eigenvalue weighted by Crippen LogP contribution is -2.41. The van der Waals surface area contributed by atoms with E-state index in [0.717, 1.165) is 17.1 Å². The quantitative estimate of drug-likeness (QED) is 0.855. The molecule has 1 fully saturated rings. The maximum atomic E-state index is 13.3. The standard InChI is InChI=1S/C19H24FN3O2/c1-4-16-17(19(24)22-9-11-25-12-10-22)18(13(2)3)21-23(16)15-7-5-14(20)6-8-15/h5-8,13H,4,9-12H2,1-3H3. The van der Waals surface area contributed by atoms with Crippen LogP contribution >= 0.6 is 0 Å². The topological polar surface area (TPSA) is 47.4 Å². The van der Waals surface area contributed by atoms with Crippen molar-refractivity contribution in [2.75, 3.05) is 26.3 Å². The molecule has 0 saturated carbocycles. The fourth-order valence-corrected chi connectivity index (χ4v) is 3.16. The van der Waals surface area contributed by atoms with Gasteiger partial charge in [-0.3, -0.25) is 4.79 Å². The summed E-state index contributed by atoms with van der Waals surface area (Å²) in [6.07, 6.45) is 0.669. The van der Waals surface area contributed by atoms with Gasteiger partial charge in [0.2, 0.25) is 0 Å². The molecule has 0 atom stereocenters. The van der Waals surface area contributed by atoms with Gasteiger partial charge in [0, 0.05) is 13.1 Å². The van der Waals surface area contributed by atoms with Crippen LogP contribution < -0.4 is 0 Å². The van der Waals surface area contributed by atoms with Crippen LogP contribution in [0, 0.1) is 5.82 Å². The highest BCUT2D eigenvalue weighted by atomic mass is 19.1. The zero-order valence-electron chi connectivity index (χ0n) is 15.0. The minimum atomic E-state index is -0.289. The molecule has 1 aliphatic rings. The summed E-state index contributed by atoms with van der Waals surface area (Å²) in [6.45, 7) is 8.41. The summed E-state index contributed by atoms with van der Waals surface area (Å²) in [5.74, 6) is -0.160. The second-order valence-corrected chi connectivity index (χ2v) is 6.51. The van der Waals surface area contributed by atoms with Crippen molar-refractivity contribution in [1.82, 2.24) is 14.7 Å². The molecule has 0 aliphatic carbocycles. The van der Waals surface area contributed by atoms with Crippen molar-refractivity contribution in [3.63, 3.8) is 0 Å². The zero-order valence-corrected chi connectivity index (χ0v) is 15.0. The second kappa shape index (κ2) is 7.35. The lowest BCUT2D eigenvalue weighted by molar-refractivity contribution is 0.0301. The molecule has 1 aliphatic heterocycles. The Hall–Kier alpha value is -2.21. The maximum absolute atomic E-state index is 13.3. The van der Waals surface area contributed by atoms with Crippen molar-refractivity contribution in [3.8, 4) is 5.69 Å². The highest BCUT2D eigenvalue weighted by Crippen LogP contribution is 2.27. The van der Waals surface area contributed by atoms with Gasteiger partial charge in [-0.05, 0) is 36.6 Å². The number of benzene rings is 1. The van der Waals surface area contributed by atoms with E-state index in [1.54, 1.807) is 16.8 Å². The number of carbonyl (C=O) groups is 1. The summed E-state index contributed by atoms with van der Waals surface area (Å²) < 4.78 is 20.4. The molecule has 1 aromatic carbocycles. The van der Waals surface area contributed by atoms with Crippen LogP contribution in [0.2, 0.25) is 0 Å². The predicted octanol–water partition coefficient (Wildman–Crippen LogP) is 3.17. The third kappa shape index (κ3) is 3.44. The Labute approximate surface area is 147 Å². The number of amides is 1. The molecule has 0 bridgehead atoms. The van der Waals surface area contributed by atoms with Crippen molar-refractivity contribution in [3.05, 3.63) is 47.0 Å². The Morgan fingerprint density at radius 1 is 1.24 bits per heavy atom. The molecular formula is C19H24FN3O2. The first-order valence-corrected chi connectivity index (χ1v) is 8.77. The molecule has 1 aromatic heterocycles. The SMILES string of the molecule is CCc1c(C(=O)N2CCOCC2)c(C(C)C)nn1-c1ccc(F)cc1. The van der Waals surface area contributed by atoms with E-state index in [2.05, 4.69) is 0 Å². The monoisotopic (exact) mass is 345 g/mol. The van der Waals surface area contributed by atoms with Crippen LogP contribution in [0.25, 0.3) is 5.69 Å². The molecular weight excluding hydrogens is 321 g/mol. The van der Waals surface area contributed by atoms with Gasteiger partial charge in [-0.15, -0.1) is 0 Å². The van der Waals surface area contributed by atoms with Crippen molar-refractivity contribution in [1.29, 1.82) is 0 Å². The molecule has 3 rings (SSSR count). The van der Waals surface area contributed by atoms with Crippen LogP contribution in [0.5, 0.6) is 0 Å². The summed E-state index contributed by atoms with van der Waals surface area (Å²) >= 11 is 0. The van der Waals surface area contributed by atoms with Crippen molar-refractivity contribution in [2.45, 2.75) is 33.1 Å². The number of rotatable bonds is 4. The van der Waals surface area contributed by atoms with Crippen LogP contribution in [-0.4, -0.2) is 46.9 Å². The van der Waals surface area contributed by atoms with Crippen molar-refractivity contribution in [2.24, 2.45) is 0 Å². The Bertz CT molecular complexity index is 747. The first kappa shape index (κ1) is 17.6. The van der Waals surface area contributed by atoms with Crippen LogP contribution in [0.3, 0.4) is 0 Å². The molecule has 2 heterocycles. The van der Waals surface area contributed by atoms with Crippen LogP contribution in [0.1, 0.15) is 48.4 Å². The number of carbonyl (C=O) groups excluding carboxylic acids is 1. The smallest absolute Gasteiger partial charge is 0.257 e. The van der Waals surface area contributed by atoms with E-state index >= 15 is 0 Å². The lowest BCUT2D eigenvalue weighted by atomic mass is 10.0. The number of aromatic nitrogens is 2. The summed E-state index contributed by atoms with van der Waals surface area (Å²) in [7, 11) is 0. The largest absolute Gasteiger partial charge is 0.378 e. The van der Waals surface area contributed by atoms with E-state index < -0.39 is 0 Å². The summed E-state index contributed by atoms with van der Waals surface area (Å²) in [5.41, 5.74) is 3.11. The highest BCUT2D eigenvalue weighted by molar-refractivity contribution is 5.97. The number of hydrogen-bond acceptors (Lipinski definition) is 3. The highest BCUT2D eigenvalue weighted by Gasteiger charge is 2.29. The first-order valence-electron chi connectivity index (χ1n) is 8.77. The average Bonchev–Trinajstić information content (AvgIpc) is 3.02. The van der Waals surface area contributed by atoms with Gasteiger partial charge in [-0.1, -0.05) is 20.8 Å². The fourth-order valence-electron chi connectivity index (χ4n) is 3.16. The van der Waals surface area contributed by atoms with Gasteiger partial charge in [0.05, 0.1) is 35.9 Å². The van der Waals surface area contributed by atoms with E-state index in [4.69, 9.17) is 9.84 Å². The van der Waals surface area contributed by atoms with E-state index in [-0.39, 0.29) is 17.6 Å². The molecule has 0 N–H and O–H groups in total. The van der Waals surface area contributed by atoms with Crippen LogP contribution in [0.15, 0.2) is 24.3 Å². The summed E-state index contributed by atoms with van der Waals surface area (Å²) in [4.78, 5) is 15.0. The molecule has 0 unspecified atom stereocenters. The Morgan fingerprint density at radius 2 is 1.88 bits per heavy atom. The molecule has 5 nitrogen and oxygen atoms in total. The summed E-state index contributed by atoms with van der Waals surface area (Å²) in [6, 6.07) is 6.20. The zero-order chi connectivity index (χ0) is 18.0. The van der Waals surface area contributed by atoms with Crippen LogP contribution in [0.4, 0.5) is 4.39 Å². The average molecular weight is 345 g/mol. The lowest BCUT2D eigenvalue weighted by Gasteiger charge is -2.27. The number of ether oxygens (including phenoxy) is 1. The second-order valence-electron chi connectivity index (χ2n) is 6.51. The van der Waals surface area contributed by atoms with Crippen molar-refractivity contribution >= 4 is 5.91 Å². The minimum Gasteiger partial charge on any atom is -0.378 e. The molecule has 25 heavy (non-hydrogen) atoms. The summed E-state index contributed by atoms with van der Waals surface area (Å²) in [5, 5.41) is 4.71. The van der Waals surface area contributed by atoms with Gasteiger partial charge in [-0.25, -0.2) is 9.07 Å². The van der Waals surface area contributed by atoms with Crippen LogP contribution in [-0.2, 0) is 11.2 Å². The predicted molar refractivity (Wildman–Crippen MR) is 93.7 cm³/mol. The van der Waals surface area contributed by atoms with Crippen molar-refractivity contribution < 1.29 is 13.9 Å². The molecule has 0 radical (unpaired) electrons. The number of morpholine rings is 1. The third-order valence-corrected chi connectivity index (χ3v) is 4.47. The van der Waals surface area contributed by atoms with Gasteiger partial charge >= 0.3 is 0 Å². The van der Waals surface area contributed by atoms with Gasteiger partial charge in [0.15, 0.2) is 0 Å².